The zero-order chi connectivity index (χ0) is 9.84. The Morgan fingerprint density at radius 3 is 2.00 bits per heavy atom. The van der Waals surface area contributed by atoms with Crippen LogP contribution in [0.5, 0.6) is 0 Å². The summed E-state index contributed by atoms with van der Waals surface area (Å²) in [6.45, 7) is 0. The van der Waals surface area contributed by atoms with E-state index < -0.39 is 0 Å². The Morgan fingerprint density at radius 1 is 0.923 bits per heavy atom. The zero-order valence-electron chi connectivity index (χ0n) is 6.96. The molecule has 1 rings (SSSR count). The van der Waals surface area contributed by atoms with Gasteiger partial charge in [-0.3, -0.25) is 0 Å². The van der Waals surface area contributed by atoms with Crippen molar-refractivity contribution in [1.82, 2.24) is 0 Å². The summed E-state index contributed by atoms with van der Waals surface area (Å²) in [6, 6.07) is 0. The summed E-state index contributed by atoms with van der Waals surface area (Å²) in [5.74, 6) is 0. The van der Waals surface area contributed by atoms with Crippen LogP contribution in [0.4, 0.5) is 0 Å². The minimum Gasteiger partial charge on any atom is -0.442 e. The van der Waals surface area contributed by atoms with Crippen molar-refractivity contribution in [3.63, 3.8) is 0 Å². The maximum Gasteiger partial charge on any atom is 0.283 e. The summed E-state index contributed by atoms with van der Waals surface area (Å²) in [5, 5.41) is 0. The van der Waals surface area contributed by atoms with Gasteiger partial charge >= 0.3 is 0 Å². The molecule has 8 heteroatoms. The molecule has 0 spiro atoms. The van der Waals surface area contributed by atoms with E-state index in [1.165, 1.54) is 0 Å². The first-order chi connectivity index (χ1) is 6.28. The Balaban J connectivity index is 2.65. The van der Waals surface area contributed by atoms with Crippen LogP contribution in [0.3, 0.4) is 0 Å². The lowest BCUT2D eigenvalue weighted by Gasteiger charge is -2.23. The zero-order valence-corrected chi connectivity index (χ0v) is 9.27. The molecule has 1 saturated carbocycles. The Kier molecular flexibility index (Phi) is 5.17. The average molecular weight is 218 g/mol. The summed E-state index contributed by atoms with van der Waals surface area (Å²) < 4.78 is 19.6. The van der Waals surface area contributed by atoms with Crippen molar-refractivity contribution in [1.29, 1.82) is 0 Å². The highest BCUT2D eigenvalue weighted by Crippen LogP contribution is 2.31. The number of rotatable bonds is 4. The molecular formula is C5H10B2O4P2. The molecule has 1 fully saturated rings. The van der Waals surface area contributed by atoms with Gasteiger partial charge in [0.15, 0.2) is 0 Å². The van der Waals surface area contributed by atoms with Crippen LogP contribution in [-0.2, 0) is 18.4 Å². The lowest BCUT2D eigenvalue weighted by Crippen LogP contribution is -2.36. The average Bonchev–Trinajstić information content (AvgIpc) is 2.54. The number of hydrogen-bond acceptors (Lipinski definition) is 4. The standard InChI is InChI=1S/C5H10B2O4P2/c6-8-2-1-3(10-12)4(9-7)5(2)11-13/h2-5H,1,12-13H2/t2-,3+,4+,5-/m0/s1. The van der Waals surface area contributed by atoms with Crippen LogP contribution >= 0.6 is 18.9 Å². The van der Waals surface area contributed by atoms with Crippen LogP contribution in [0.2, 0.25) is 0 Å². The maximum absolute atomic E-state index is 5.11. The molecule has 1 aliphatic rings. The summed E-state index contributed by atoms with van der Waals surface area (Å²) in [7, 11) is 14.5. The molecule has 2 unspecified atom stereocenters. The Labute approximate surface area is 84.9 Å². The van der Waals surface area contributed by atoms with E-state index in [2.05, 4.69) is 18.9 Å². The molecule has 4 nitrogen and oxygen atoms in total. The molecule has 6 atom stereocenters. The highest BCUT2D eigenvalue weighted by atomic mass is 31.0. The predicted molar refractivity (Wildman–Crippen MR) is 55.0 cm³/mol. The molecule has 0 amide bonds. The molecule has 1 aliphatic carbocycles. The third-order valence-corrected chi connectivity index (χ3v) is 2.85. The van der Waals surface area contributed by atoms with E-state index in [4.69, 9.17) is 34.5 Å². The Hall–Kier alpha value is 0.830. The second-order valence-corrected chi connectivity index (χ2v) is 3.33. The molecule has 13 heavy (non-hydrogen) atoms. The SMILES string of the molecule is [B]O[C@H]1[C@@H](OP)[C@@H](O[B])C[C@H]1OP. The Bertz CT molecular complexity index is 147. The van der Waals surface area contributed by atoms with Gasteiger partial charge in [-0.25, -0.2) is 0 Å². The minimum absolute atomic E-state index is 0.186. The fourth-order valence-corrected chi connectivity index (χ4v) is 2.11. The fraction of sp³-hybridized carbons (Fsp3) is 1.00. The first-order valence-corrected chi connectivity index (χ1v) is 4.64. The van der Waals surface area contributed by atoms with E-state index in [9.17, 15) is 0 Å². The van der Waals surface area contributed by atoms with Gasteiger partial charge in [0.05, 0.1) is 18.3 Å². The highest BCUT2D eigenvalue weighted by molar-refractivity contribution is 7.10. The smallest absolute Gasteiger partial charge is 0.283 e. The largest absolute Gasteiger partial charge is 0.442 e. The summed E-state index contributed by atoms with van der Waals surface area (Å²) >= 11 is 0. The molecule has 0 N–H and O–H groups in total. The van der Waals surface area contributed by atoms with Crippen LogP contribution in [0, 0.1) is 0 Å². The second kappa shape index (κ2) is 5.65. The number of hydrogen-bond donors (Lipinski definition) is 0. The van der Waals surface area contributed by atoms with Gasteiger partial charge in [0.2, 0.25) is 0 Å². The van der Waals surface area contributed by atoms with Crippen molar-refractivity contribution in [3.05, 3.63) is 0 Å². The van der Waals surface area contributed by atoms with Crippen molar-refractivity contribution >= 4 is 35.0 Å². The third-order valence-electron chi connectivity index (χ3n) is 2.19. The molecule has 0 bridgehead atoms. The van der Waals surface area contributed by atoms with Crippen LogP contribution in [0.15, 0.2) is 0 Å². The predicted octanol–water partition coefficient (Wildman–Crippen LogP) is -0.322. The van der Waals surface area contributed by atoms with Crippen LogP contribution in [0.25, 0.3) is 0 Å². The summed E-state index contributed by atoms with van der Waals surface area (Å²) in [5.41, 5.74) is 0. The lowest BCUT2D eigenvalue weighted by atomic mass is 10.2. The first-order valence-electron chi connectivity index (χ1n) is 3.70. The van der Waals surface area contributed by atoms with E-state index in [1.54, 1.807) is 0 Å². The van der Waals surface area contributed by atoms with Gasteiger partial charge in [0.25, 0.3) is 16.1 Å². The lowest BCUT2D eigenvalue weighted by molar-refractivity contribution is 0.0155. The molecule has 0 aromatic rings. The van der Waals surface area contributed by atoms with E-state index in [-0.39, 0.29) is 24.4 Å². The highest BCUT2D eigenvalue weighted by Gasteiger charge is 2.43. The van der Waals surface area contributed by atoms with E-state index in [0.717, 1.165) is 0 Å². The van der Waals surface area contributed by atoms with Gasteiger partial charge < -0.3 is 18.4 Å². The fourth-order valence-electron chi connectivity index (χ4n) is 1.52. The van der Waals surface area contributed by atoms with Crippen molar-refractivity contribution in [2.45, 2.75) is 30.8 Å². The van der Waals surface area contributed by atoms with Crippen molar-refractivity contribution in [3.8, 4) is 0 Å². The van der Waals surface area contributed by atoms with Gasteiger partial charge in [-0.2, -0.15) is 0 Å². The van der Waals surface area contributed by atoms with Crippen LogP contribution in [-0.4, -0.2) is 40.5 Å². The van der Waals surface area contributed by atoms with Gasteiger partial charge in [0.1, 0.15) is 6.10 Å². The summed E-state index contributed by atoms with van der Waals surface area (Å²) in [6.07, 6.45) is -0.569. The van der Waals surface area contributed by atoms with Crippen molar-refractivity contribution < 1.29 is 18.4 Å². The van der Waals surface area contributed by atoms with Gasteiger partial charge in [-0.15, -0.1) is 0 Å². The van der Waals surface area contributed by atoms with Gasteiger partial charge in [0, 0.05) is 25.4 Å². The molecule has 4 radical (unpaired) electrons. The van der Waals surface area contributed by atoms with Crippen molar-refractivity contribution in [2.24, 2.45) is 0 Å². The topological polar surface area (TPSA) is 36.9 Å². The van der Waals surface area contributed by atoms with E-state index in [0.29, 0.717) is 6.42 Å². The first kappa shape index (κ1) is 11.9. The van der Waals surface area contributed by atoms with Crippen molar-refractivity contribution in [2.75, 3.05) is 0 Å². The van der Waals surface area contributed by atoms with Crippen LogP contribution in [0.1, 0.15) is 6.42 Å². The van der Waals surface area contributed by atoms with Gasteiger partial charge in [-0.1, -0.05) is 0 Å². The molecule has 0 saturated heterocycles. The third kappa shape index (κ3) is 2.44. The Morgan fingerprint density at radius 2 is 1.62 bits per heavy atom. The molecule has 70 valence electrons. The monoisotopic (exact) mass is 218 g/mol. The normalized spacial score (nSPS) is 39.5. The molecule has 0 aromatic carbocycles. The minimum atomic E-state index is -0.372. The van der Waals surface area contributed by atoms with E-state index >= 15 is 0 Å². The molecule has 0 aliphatic heterocycles. The quantitative estimate of drug-likeness (QED) is 0.478. The van der Waals surface area contributed by atoms with Gasteiger partial charge in [-0.05, 0) is 0 Å². The maximum atomic E-state index is 5.11. The van der Waals surface area contributed by atoms with E-state index in [1.807, 2.05) is 0 Å². The second-order valence-electron chi connectivity index (χ2n) is 2.79. The summed E-state index contributed by atoms with van der Waals surface area (Å²) in [4.78, 5) is 0. The molecule has 0 aromatic heterocycles. The van der Waals surface area contributed by atoms with Crippen LogP contribution < -0.4 is 0 Å². The molecular weight excluding hydrogens is 208 g/mol. The molecule has 0 heterocycles.